The summed E-state index contributed by atoms with van der Waals surface area (Å²) >= 11 is 1.93. The molecular formula is C19H28N2O2S. The Kier molecular flexibility index (Phi) is 5.28. The number of rotatable bonds is 2. The van der Waals surface area contributed by atoms with E-state index in [1.807, 2.05) is 37.4 Å². The average Bonchev–Trinajstić information content (AvgIpc) is 3.08. The molecule has 0 radical (unpaired) electrons. The Morgan fingerprint density at radius 3 is 2.42 bits per heavy atom. The van der Waals surface area contributed by atoms with Gasteiger partial charge in [-0.15, -0.1) is 0 Å². The van der Waals surface area contributed by atoms with Crippen LogP contribution in [0.5, 0.6) is 0 Å². The van der Waals surface area contributed by atoms with Gasteiger partial charge in [-0.3, -0.25) is 0 Å². The molecule has 132 valence electrons. The van der Waals surface area contributed by atoms with Crippen LogP contribution in [-0.2, 0) is 4.74 Å². The minimum atomic E-state index is -0.436. The Bertz CT molecular complexity index is 562. The second-order valence-corrected chi connectivity index (χ2v) is 8.88. The third-order valence-electron chi connectivity index (χ3n) is 4.45. The van der Waals surface area contributed by atoms with E-state index in [4.69, 9.17) is 4.74 Å². The number of thioether (sulfide) groups is 1. The quantitative estimate of drug-likeness (QED) is 0.797. The molecule has 5 heteroatoms. The normalized spacial score (nSPS) is 21.9. The number of nitrogens with zero attached hydrogens (tertiary/aromatic N) is 2. The summed E-state index contributed by atoms with van der Waals surface area (Å²) in [5.41, 5.74) is 2.19. The molecule has 24 heavy (non-hydrogen) atoms. The van der Waals surface area contributed by atoms with Gasteiger partial charge in [0.2, 0.25) is 0 Å². The fraction of sp³-hybridized carbons (Fsp3) is 0.632. The van der Waals surface area contributed by atoms with Gasteiger partial charge in [0.1, 0.15) is 5.60 Å². The van der Waals surface area contributed by atoms with Crippen LogP contribution in [0.4, 0.5) is 10.5 Å². The maximum absolute atomic E-state index is 12.3. The van der Waals surface area contributed by atoms with Crippen LogP contribution < -0.4 is 4.90 Å². The van der Waals surface area contributed by atoms with Gasteiger partial charge in [-0.2, -0.15) is 11.8 Å². The average molecular weight is 349 g/mol. The van der Waals surface area contributed by atoms with Crippen LogP contribution >= 0.6 is 11.8 Å². The Labute approximate surface area is 149 Å². The van der Waals surface area contributed by atoms with Crippen molar-refractivity contribution in [2.24, 2.45) is 0 Å². The maximum Gasteiger partial charge on any atom is 0.410 e. The lowest BCUT2D eigenvalue weighted by atomic mass is 10.1. The highest BCUT2D eigenvalue weighted by Crippen LogP contribution is 2.34. The van der Waals surface area contributed by atoms with E-state index < -0.39 is 5.60 Å². The third-order valence-corrected chi connectivity index (χ3v) is 5.70. The fourth-order valence-electron chi connectivity index (χ4n) is 3.22. The first-order chi connectivity index (χ1) is 11.4. The highest BCUT2D eigenvalue weighted by atomic mass is 32.2. The van der Waals surface area contributed by atoms with Crippen LogP contribution in [0.2, 0.25) is 0 Å². The van der Waals surface area contributed by atoms with Crippen LogP contribution in [-0.4, -0.2) is 48.5 Å². The molecule has 2 heterocycles. The predicted molar refractivity (Wildman–Crippen MR) is 101 cm³/mol. The van der Waals surface area contributed by atoms with Crippen molar-refractivity contribution in [3.05, 3.63) is 29.8 Å². The standard InChI is InChI=1S/C19H28N2O2S/c1-19(2,3)23-18(22)21-12-13-24-17(14-21)15-6-8-16(9-7-15)20-10-4-5-11-20/h6-9,17H,4-5,10-14H2,1-3H3/t17-/m1/s1. The van der Waals surface area contributed by atoms with E-state index in [0.29, 0.717) is 5.25 Å². The van der Waals surface area contributed by atoms with E-state index >= 15 is 0 Å². The first kappa shape index (κ1) is 17.5. The number of benzene rings is 1. The largest absolute Gasteiger partial charge is 0.444 e. The van der Waals surface area contributed by atoms with Gasteiger partial charge in [-0.25, -0.2) is 4.79 Å². The van der Waals surface area contributed by atoms with Gasteiger partial charge in [0.25, 0.3) is 0 Å². The van der Waals surface area contributed by atoms with Crippen LogP contribution in [0, 0.1) is 0 Å². The van der Waals surface area contributed by atoms with Crippen molar-refractivity contribution in [2.75, 3.05) is 36.8 Å². The van der Waals surface area contributed by atoms with Gasteiger partial charge >= 0.3 is 6.09 Å². The molecule has 2 saturated heterocycles. The van der Waals surface area contributed by atoms with Crippen molar-refractivity contribution in [3.8, 4) is 0 Å². The lowest BCUT2D eigenvalue weighted by Gasteiger charge is -2.34. The predicted octanol–water partition coefficient (Wildman–Crippen LogP) is 4.31. The summed E-state index contributed by atoms with van der Waals surface area (Å²) in [5.74, 6) is 0.956. The summed E-state index contributed by atoms with van der Waals surface area (Å²) in [6.45, 7) is 9.58. The summed E-state index contributed by atoms with van der Waals surface area (Å²) in [6, 6.07) is 8.91. The molecule has 0 aromatic heterocycles. The number of hydrogen-bond acceptors (Lipinski definition) is 4. The molecule has 3 rings (SSSR count). The summed E-state index contributed by atoms with van der Waals surface area (Å²) in [7, 11) is 0. The second kappa shape index (κ2) is 7.26. The van der Waals surface area contributed by atoms with Gasteiger partial charge in [-0.05, 0) is 51.3 Å². The molecule has 4 nitrogen and oxygen atoms in total. The van der Waals surface area contributed by atoms with Crippen LogP contribution in [0.1, 0.15) is 44.4 Å². The topological polar surface area (TPSA) is 32.8 Å². The highest BCUT2D eigenvalue weighted by molar-refractivity contribution is 7.99. The Balaban J connectivity index is 1.63. The molecule has 1 aromatic carbocycles. The molecular weight excluding hydrogens is 320 g/mol. The lowest BCUT2D eigenvalue weighted by molar-refractivity contribution is 0.0257. The molecule has 2 aliphatic rings. The first-order valence-corrected chi connectivity index (χ1v) is 9.92. The van der Waals surface area contributed by atoms with Crippen LogP contribution in [0.15, 0.2) is 24.3 Å². The van der Waals surface area contributed by atoms with Crippen molar-refractivity contribution >= 4 is 23.5 Å². The molecule has 2 aliphatic heterocycles. The minimum Gasteiger partial charge on any atom is -0.444 e. The highest BCUT2D eigenvalue weighted by Gasteiger charge is 2.28. The third kappa shape index (κ3) is 4.38. The van der Waals surface area contributed by atoms with E-state index in [2.05, 4.69) is 29.2 Å². The van der Waals surface area contributed by atoms with E-state index in [9.17, 15) is 4.79 Å². The maximum atomic E-state index is 12.3. The Morgan fingerprint density at radius 2 is 1.79 bits per heavy atom. The molecule has 0 unspecified atom stereocenters. The summed E-state index contributed by atoms with van der Waals surface area (Å²) < 4.78 is 5.52. The molecule has 1 amide bonds. The molecule has 1 aromatic rings. The van der Waals surface area contributed by atoms with Gasteiger partial charge in [-0.1, -0.05) is 12.1 Å². The Hall–Kier alpha value is -1.36. The molecule has 0 spiro atoms. The fourth-order valence-corrected chi connectivity index (χ4v) is 4.46. The van der Waals surface area contributed by atoms with Crippen LogP contribution in [0.3, 0.4) is 0 Å². The number of anilines is 1. The lowest BCUT2D eigenvalue weighted by Crippen LogP contribution is -2.42. The summed E-state index contributed by atoms with van der Waals surface area (Å²) in [6.07, 6.45) is 2.40. The van der Waals surface area contributed by atoms with Crippen molar-refractivity contribution in [1.29, 1.82) is 0 Å². The number of ether oxygens (including phenoxy) is 1. The minimum absolute atomic E-state index is 0.193. The zero-order chi connectivity index (χ0) is 17.2. The number of amides is 1. The van der Waals surface area contributed by atoms with E-state index in [-0.39, 0.29) is 6.09 Å². The van der Waals surface area contributed by atoms with Crippen molar-refractivity contribution in [3.63, 3.8) is 0 Å². The van der Waals surface area contributed by atoms with E-state index in [1.54, 1.807) is 0 Å². The summed E-state index contributed by atoms with van der Waals surface area (Å²) in [5, 5.41) is 0.332. The van der Waals surface area contributed by atoms with Crippen LogP contribution in [0.25, 0.3) is 0 Å². The molecule has 0 N–H and O–H groups in total. The zero-order valence-corrected chi connectivity index (χ0v) is 15.8. The van der Waals surface area contributed by atoms with Crippen molar-refractivity contribution < 1.29 is 9.53 Å². The number of hydrogen-bond donors (Lipinski definition) is 0. The monoisotopic (exact) mass is 348 g/mol. The van der Waals surface area contributed by atoms with Gasteiger partial charge in [0, 0.05) is 42.9 Å². The zero-order valence-electron chi connectivity index (χ0n) is 15.0. The molecule has 0 aliphatic carbocycles. The number of carbonyl (C=O) groups is 1. The molecule has 0 saturated carbocycles. The molecule has 1 atom stereocenters. The van der Waals surface area contributed by atoms with E-state index in [1.165, 1.54) is 37.2 Å². The smallest absolute Gasteiger partial charge is 0.410 e. The summed E-state index contributed by atoms with van der Waals surface area (Å²) in [4.78, 5) is 16.6. The van der Waals surface area contributed by atoms with Gasteiger partial charge < -0.3 is 14.5 Å². The first-order valence-electron chi connectivity index (χ1n) is 8.87. The van der Waals surface area contributed by atoms with E-state index in [0.717, 1.165) is 18.8 Å². The van der Waals surface area contributed by atoms with Crippen molar-refractivity contribution in [1.82, 2.24) is 4.90 Å². The molecule has 0 bridgehead atoms. The number of carbonyl (C=O) groups excluding carboxylic acids is 1. The Morgan fingerprint density at radius 1 is 1.12 bits per heavy atom. The SMILES string of the molecule is CC(C)(C)OC(=O)N1CCS[C@@H](c2ccc(N3CCCC3)cc2)C1. The molecule has 2 fully saturated rings. The van der Waals surface area contributed by atoms with Gasteiger partial charge in [0.15, 0.2) is 0 Å². The van der Waals surface area contributed by atoms with Crippen molar-refractivity contribution in [2.45, 2.75) is 44.5 Å². The second-order valence-electron chi connectivity index (χ2n) is 7.57. The van der Waals surface area contributed by atoms with Gasteiger partial charge in [0.05, 0.1) is 0 Å².